The molecule has 0 saturated heterocycles. The summed E-state index contributed by atoms with van der Waals surface area (Å²) < 4.78 is 0. The number of rotatable bonds is 0. The minimum Gasteiger partial charge on any atom is -0.673 e. The second-order valence-corrected chi connectivity index (χ2v) is 7.96. The van der Waals surface area contributed by atoms with Crippen LogP contribution in [0.4, 0.5) is 0 Å². The maximum atomic E-state index is 6.94. The van der Waals surface area contributed by atoms with E-state index >= 15 is 0 Å². The molecule has 0 aliphatic carbocycles. The van der Waals surface area contributed by atoms with Gasteiger partial charge in [-0.05, 0) is 0 Å². The molecule has 2 nitrogen and oxygen atoms in total. The van der Waals surface area contributed by atoms with Crippen molar-refractivity contribution < 1.29 is 43.4 Å². The second kappa shape index (κ2) is 43.4. The van der Waals surface area contributed by atoms with E-state index in [0.717, 1.165) is 19.0 Å². The van der Waals surface area contributed by atoms with Crippen LogP contribution in [-0.4, -0.2) is 30.1 Å². The van der Waals surface area contributed by atoms with Crippen LogP contribution >= 0.6 is 0 Å². The quantitative estimate of drug-likeness (QED) is 0.318. The van der Waals surface area contributed by atoms with Gasteiger partial charge in [0, 0.05) is 19.0 Å². The Morgan fingerprint density at radius 2 is 0.500 bits per heavy atom. The molecule has 0 aromatic heterocycles. The topological polar surface area (TPSA) is 47.6 Å². The van der Waals surface area contributed by atoms with Crippen LogP contribution in [0.3, 0.4) is 0 Å². The summed E-state index contributed by atoms with van der Waals surface area (Å²) in [6.07, 6.45) is 0. The van der Waals surface area contributed by atoms with Crippen molar-refractivity contribution in [3.05, 3.63) is 41.2 Å². The van der Waals surface area contributed by atoms with Crippen LogP contribution in [0.25, 0.3) is 11.5 Å². The van der Waals surface area contributed by atoms with Crippen molar-refractivity contribution in [3.8, 4) is 0 Å². The summed E-state index contributed by atoms with van der Waals surface area (Å²) >= 11 is 0. The molecule has 0 bridgehead atoms. The Kier molecular flexibility index (Phi) is 128. The molecular weight excluding hydrogens is 372 g/mol. The summed E-state index contributed by atoms with van der Waals surface area (Å²) in [5.74, 6) is 0. The van der Waals surface area contributed by atoms with Crippen LogP contribution in [-0.2, 0) is 43.4 Å². The van der Waals surface area contributed by atoms with Gasteiger partial charge in [-0.25, -0.2) is 0 Å². The van der Waals surface area contributed by atoms with Crippen molar-refractivity contribution in [2.24, 2.45) is 0 Å². The molecule has 0 aliphatic rings. The van der Waals surface area contributed by atoms with Gasteiger partial charge in [0.05, 0.1) is 0 Å². The van der Waals surface area contributed by atoms with E-state index in [1.165, 1.54) is 0 Å². The maximum absolute atomic E-state index is 6.94. The Balaban J connectivity index is -0.0000000102. The number of hydrogen-bond donors (Lipinski definition) is 0. The molecule has 2 N–H and O–H groups in total. The van der Waals surface area contributed by atoms with Gasteiger partial charge < -0.3 is 41.2 Å². The minimum absolute atomic E-state index is 0. The van der Waals surface area contributed by atoms with E-state index in [4.69, 9.17) is 11.5 Å². The predicted octanol–water partition coefficient (Wildman–Crippen LogP) is 6.51. The zero-order valence-electron chi connectivity index (χ0n) is 18.2. The van der Waals surface area contributed by atoms with Crippen molar-refractivity contribution >= 4 is 19.0 Å². The Morgan fingerprint density at radius 1 is 0.500 bits per heavy atom. The Morgan fingerprint density at radius 3 is 0.500 bits per heavy atom. The largest absolute Gasteiger partial charge is 3.00 e. The van der Waals surface area contributed by atoms with Gasteiger partial charge >= 0.3 is 43.4 Å². The van der Waals surface area contributed by atoms with Gasteiger partial charge in [0.25, 0.3) is 0 Å². The number of nitrogens with one attached hydrogen (secondary N) is 2. The van der Waals surface area contributed by atoms with Gasteiger partial charge in [0.15, 0.2) is 0 Å². The van der Waals surface area contributed by atoms with Gasteiger partial charge in [0.1, 0.15) is 0 Å². The zero-order valence-corrected chi connectivity index (χ0v) is 23.6. The first-order valence-electron chi connectivity index (χ1n) is 5.81. The summed E-state index contributed by atoms with van der Waals surface area (Å²) in [5, 5.41) is 0. The fraction of sp³-hybridized carbons (Fsp3) is 0.750. The molecule has 22 heavy (non-hydrogen) atoms. The summed E-state index contributed by atoms with van der Waals surface area (Å²) in [5.41, 5.74) is 13.4. The average Bonchev–Trinajstić information content (AvgIpc) is 1.79. The third-order valence-electron chi connectivity index (χ3n) is 0. The molecule has 0 atom stereocenters. The van der Waals surface area contributed by atoms with E-state index in [1.54, 1.807) is 0 Å². The normalized spacial score (nSPS) is 7.09. The monoisotopic (exact) mass is 418 g/mol. The second-order valence-electron chi connectivity index (χ2n) is 5.65. The number of hydrogen-bond acceptors (Lipinski definition) is 0. The van der Waals surface area contributed by atoms with E-state index in [0.29, 0.717) is 0 Å². The molecule has 4 radical (unpaired) electrons. The first-order chi connectivity index (χ1) is 6.83. The third-order valence-corrected chi connectivity index (χ3v) is 0. The molecule has 0 fully saturated rings. The van der Waals surface area contributed by atoms with Gasteiger partial charge in [-0.2, -0.15) is 0 Å². The molecule has 0 saturated carbocycles. The van der Waals surface area contributed by atoms with Crippen molar-refractivity contribution in [3.63, 3.8) is 0 Å². The molecule has 0 aromatic rings. The molecule has 0 rings (SSSR count). The first kappa shape index (κ1) is 65.0. The Hall–Kier alpha value is 1.78. The predicted molar refractivity (Wildman–Crippen MR) is 112 cm³/mol. The molecular formula is C16H46N2Si2Ti2. The molecule has 0 amide bonds. The van der Waals surface area contributed by atoms with Crippen LogP contribution in [0.15, 0.2) is 0 Å². The van der Waals surface area contributed by atoms with Crippen molar-refractivity contribution in [1.29, 1.82) is 0 Å². The zero-order chi connectivity index (χ0) is 14.4. The Labute approximate surface area is 181 Å². The summed E-state index contributed by atoms with van der Waals surface area (Å²) in [6, 6.07) is 0. The van der Waals surface area contributed by atoms with Crippen LogP contribution < -0.4 is 0 Å². The van der Waals surface area contributed by atoms with Crippen LogP contribution in [0.5, 0.6) is 0 Å². The molecule has 0 aliphatic heterocycles. The fourth-order valence-corrected chi connectivity index (χ4v) is 0. The van der Waals surface area contributed by atoms with Crippen molar-refractivity contribution in [2.45, 2.75) is 78.8 Å². The van der Waals surface area contributed by atoms with Gasteiger partial charge in [-0.3, -0.25) is 0 Å². The molecule has 6 heteroatoms. The van der Waals surface area contributed by atoms with Crippen LogP contribution in [0, 0.1) is 29.7 Å². The first-order valence-corrected chi connectivity index (χ1v) is 10.4. The molecule has 136 valence electrons. The van der Waals surface area contributed by atoms with E-state index in [1.807, 2.05) is 41.5 Å². The molecule has 0 spiro atoms. The maximum Gasteiger partial charge on any atom is 3.00 e. The third kappa shape index (κ3) is 2960. The minimum atomic E-state index is -0.250. The van der Waals surface area contributed by atoms with E-state index in [2.05, 4.69) is 26.2 Å². The van der Waals surface area contributed by atoms with E-state index in [-0.39, 0.29) is 84.2 Å². The van der Waals surface area contributed by atoms with E-state index < -0.39 is 0 Å². The van der Waals surface area contributed by atoms with E-state index in [9.17, 15) is 0 Å². The standard InChI is InChI=1S/2C4H10N.2C2H7Si.4CH3.2Ti/c2*1-4(2,3)5;2*1-3-2;;;;;;/h2*5H,1-3H3;2*3H,1-2H3;4*1H3;;/q2*-1;;;4*-1;2*+3. The summed E-state index contributed by atoms with van der Waals surface area (Å²) in [6.45, 7) is 20.0. The SMILES string of the molecule is CC(C)(C)[NH-].CC(C)(C)[NH-].C[SiH]C.C[SiH]C.[CH3-].[CH3-].[CH3-].[CH3-].[Ti+3].[Ti+3]. The Bertz CT molecular complexity index is 89.7. The molecule has 0 aromatic carbocycles. The van der Waals surface area contributed by atoms with Gasteiger partial charge in [0.2, 0.25) is 0 Å². The van der Waals surface area contributed by atoms with Crippen LogP contribution in [0.2, 0.25) is 26.2 Å². The molecule has 0 heterocycles. The van der Waals surface area contributed by atoms with Crippen molar-refractivity contribution in [1.82, 2.24) is 0 Å². The van der Waals surface area contributed by atoms with Crippen LogP contribution in [0.1, 0.15) is 41.5 Å². The smallest absolute Gasteiger partial charge is 0.673 e. The van der Waals surface area contributed by atoms with Gasteiger partial charge in [-0.15, -0.1) is 11.1 Å². The van der Waals surface area contributed by atoms with Crippen molar-refractivity contribution in [2.75, 3.05) is 0 Å². The summed E-state index contributed by atoms with van der Waals surface area (Å²) in [4.78, 5) is 0. The average molecular weight is 418 g/mol. The molecule has 0 unspecified atom stereocenters. The fourth-order valence-electron chi connectivity index (χ4n) is 0. The summed E-state index contributed by atoms with van der Waals surface area (Å²) in [7, 11) is 1.50. The van der Waals surface area contributed by atoms with Gasteiger partial charge in [-0.1, -0.05) is 67.7 Å².